The largest absolute Gasteiger partial charge is 0.289 e. The lowest BCUT2D eigenvalue weighted by atomic mass is 9.99. The lowest BCUT2D eigenvalue weighted by Gasteiger charge is -2.05. The predicted octanol–water partition coefficient (Wildman–Crippen LogP) is 5.80. The number of benzene rings is 3. The van der Waals surface area contributed by atoms with Gasteiger partial charge >= 0.3 is 0 Å². The van der Waals surface area contributed by atoms with Gasteiger partial charge in [0.2, 0.25) is 0 Å². The molecule has 1 heterocycles. The van der Waals surface area contributed by atoms with Crippen LogP contribution in [0.1, 0.15) is 15.9 Å². The summed E-state index contributed by atoms with van der Waals surface area (Å²) in [5.41, 5.74) is 2.60. The molecular weight excluding hydrogens is 300 g/mol. The van der Waals surface area contributed by atoms with Crippen molar-refractivity contribution in [3.8, 4) is 10.4 Å². The van der Waals surface area contributed by atoms with E-state index < -0.39 is 0 Å². The highest BCUT2D eigenvalue weighted by Crippen LogP contribution is 2.31. The van der Waals surface area contributed by atoms with Gasteiger partial charge in [0.15, 0.2) is 5.78 Å². The first-order valence-corrected chi connectivity index (χ1v) is 8.37. The lowest BCUT2D eigenvalue weighted by Crippen LogP contribution is -2.01. The number of thiophene rings is 1. The molecule has 0 spiro atoms. The van der Waals surface area contributed by atoms with Crippen molar-refractivity contribution < 1.29 is 4.79 Å². The van der Waals surface area contributed by atoms with E-state index in [1.807, 2.05) is 78.2 Å². The molecule has 0 radical (unpaired) electrons. The highest BCUT2D eigenvalue weighted by molar-refractivity contribution is 7.14. The Bertz CT molecular complexity index is 983. The van der Waals surface area contributed by atoms with Crippen molar-refractivity contribution in [3.63, 3.8) is 0 Å². The molecule has 4 aromatic rings. The molecule has 0 saturated carbocycles. The van der Waals surface area contributed by atoms with Crippen molar-refractivity contribution in [1.29, 1.82) is 0 Å². The molecule has 2 heteroatoms. The Kier molecular flexibility index (Phi) is 3.52. The average Bonchev–Trinajstić information content (AvgIpc) is 3.11. The topological polar surface area (TPSA) is 17.1 Å². The highest BCUT2D eigenvalue weighted by atomic mass is 32.1. The fraction of sp³-hybridized carbons (Fsp3) is 0. The van der Waals surface area contributed by atoms with Gasteiger partial charge in [-0.05, 0) is 33.8 Å². The number of carbonyl (C=O) groups excluding carboxylic acids is 1. The second-order valence-electron chi connectivity index (χ2n) is 5.42. The summed E-state index contributed by atoms with van der Waals surface area (Å²) in [6.45, 7) is 0. The van der Waals surface area contributed by atoms with Crippen LogP contribution in [0.5, 0.6) is 0 Å². The van der Waals surface area contributed by atoms with Crippen molar-refractivity contribution in [2.45, 2.75) is 0 Å². The molecule has 0 amide bonds. The molecule has 0 N–H and O–H groups in total. The molecule has 3 aromatic carbocycles. The van der Waals surface area contributed by atoms with Crippen molar-refractivity contribution in [2.24, 2.45) is 0 Å². The number of rotatable bonds is 3. The Morgan fingerprint density at radius 2 is 1.48 bits per heavy atom. The van der Waals surface area contributed by atoms with Crippen molar-refractivity contribution in [1.82, 2.24) is 0 Å². The van der Waals surface area contributed by atoms with Gasteiger partial charge in [-0.1, -0.05) is 66.7 Å². The molecule has 0 fully saturated rings. The monoisotopic (exact) mass is 314 g/mol. The van der Waals surface area contributed by atoms with E-state index in [-0.39, 0.29) is 5.78 Å². The van der Waals surface area contributed by atoms with Crippen LogP contribution in [0.25, 0.3) is 21.2 Å². The second-order valence-corrected chi connectivity index (χ2v) is 6.34. The number of fused-ring (bicyclic) bond motifs is 1. The van der Waals surface area contributed by atoms with E-state index in [0.717, 1.165) is 32.3 Å². The van der Waals surface area contributed by atoms with E-state index in [1.54, 1.807) is 11.3 Å². The zero-order chi connectivity index (χ0) is 15.6. The standard InChI is InChI=1S/C21H14OS/c22-20(18-11-10-15-6-4-5-9-17(15)14-18)19-12-13-23-21(19)16-7-2-1-3-8-16/h1-14H. The Morgan fingerprint density at radius 1 is 0.739 bits per heavy atom. The van der Waals surface area contributed by atoms with Gasteiger partial charge in [-0.15, -0.1) is 11.3 Å². The highest BCUT2D eigenvalue weighted by Gasteiger charge is 2.16. The molecule has 0 aliphatic rings. The third kappa shape index (κ3) is 2.58. The van der Waals surface area contributed by atoms with Gasteiger partial charge in [0.05, 0.1) is 0 Å². The summed E-state index contributed by atoms with van der Waals surface area (Å²) in [6, 6.07) is 26.0. The number of hydrogen-bond acceptors (Lipinski definition) is 2. The van der Waals surface area contributed by atoms with Crippen LogP contribution in [0.4, 0.5) is 0 Å². The fourth-order valence-electron chi connectivity index (χ4n) is 2.79. The Labute approximate surface area is 138 Å². The minimum atomic E-state index is 0.0795. The first kappa shape index (κ1) is 13.9. The van der Waals surface area contributed by atoms with Crippen molar-refractivity contribution in [2.75, 3.05) is 0 Å². The molecule has 0 aliphatic carbocycles. The molecule has 23 heavy (non-hydrogen) atoms. The SMILES string of the molecule is O=C(c1ccc2ccccc2c1)c1ccsc1-c1ccccc1. The van der Waals surface area contributed by atoms with Gasteiger partial charge in [0.25, 0.3) is 0 Å². The van der Waals surface area contributed by atoms with Gasteiger partial charge in [-0.2, -0.15) is 0 Å². The number of ketones is 1. The Morgan fingerprint density at radius 3 is 2.30 bits per heavy atom. The van der Waals surface area contributed by atoms with Crippen LogP contribution >= 0.6 is 11.3 Å². The quantitative estimate of drug-likeness (QED) is 0.437. The number of carbonyl (C=O) groups is 1. The van der Waals surface area contributed by atoms with Crippen LogP contribution in [-0.2, 0) is 0 Å². The third-order valence-corrected chi connectivity index (χ3v) is 4.92. The lowest BCUT2D eigenvalue weighted by molar-refractivity contribution is 0.104. The van der Waals surface area contributed by atoms with E-state index in [9.17, 15) is 4.79 Å². The molecule has 0 unspecified atom stereocenters. The first-order valence-electron chi connectivity index (χ1n) is 7.49. The fourth-order valence-corrected chi connectivity index (χ4v) is 3.69. The molecule has 0 saturated heterocycles. The molecule has 0 aliphatic heterocycles. The summed E-state index contributed by atoms with van der Waals surface area (Å²) in [6.07, 6.45) is 0. The molecule has 1 aromatic heterocycles. The molecule has 110 valence electrons. The summed E-state index contributed by atoms with van der Waals surface area (Å²) >= 11 is 1.61. The van der Waals surface area contributed by atoms with Crippen LogP contribution in [0.3, 0.4) is 0 Å². The van der Waals surface area contributed by atoms with E-state index in [4.69, 9.17) is 0 Å². The molecular formula is C21H14OS. The van der Waals surface area contributed by atoms with E-state index in [2.05, 4.69) is 6.07 Å². The van der Waals surface area contributed by atoms with Gasteiger partial charge < -0.3 is 0 Å². The third-order valence-electron chi connectivity index (χ3n) is 3.96. The maximum Gasteiger partial charge on any atom is 0.194 e. The summed E-state index contributed by atoms with van der Waals surface area (Å²) in [4.78, 5) is 14.0. The summed E-state index contributed by atoms with van der Waals surface area (Å²) in [5, 5.41) is 4.23. The van der Waals surface area contributed by atoms with Crippen LogP contribution in [-0.4, -0.2) is 5.78 Å². The van der Waals surface area contributed by atoms with Gasteiger partial charge in [-0.3, -0.25) is 4.79 Å². The van der Waals surface area contributed by atoms with E-state index >= 15 is 0 Å². The van der Waals surface area contributed by atoms with E-state index in [1.165, 1.54) is 0 Å². The maximum atomic E-state index is 13.0. The van der Waals surface area contributed by atoms with Gasteiger partial charge in [-0.25, -0.2) is 0 Å². The Hall–Kier alpha value is -2.71. The summed E-state index contributed by atoms with van der Waals surface area (Å²) in [5.74, 6) is 0.0795. The minimum Gasteiger partial charge on any atom is -0.289 e. The normalized spacial score (nSPS) is 10.8. The van der Waals surface area contributed by atoms with E-state index in [0.29, 0.717) is 0 Å². The molecule has 4 rings (SSSR count). The van der Waals surface area contributed by atoms with Crippen LogP contribution in [0.15, 0.2) is 84.2 Å². The molecule has 1 nitrogen and oxygen atoms in total. The van der Waals surface area contributed by atoms with Crippen molar-refractivity contribution >= 4 is 27.9 Å². The maximum absolute atomic E-state index is 13.0. The Balaban J connectivity index is 1.79. The molecule has 0 atom stereocenters. The predicted molar refractivity (Wildman–Crippen MR) is 97.1 cm³/mol. The zero-order valence-corrected chi connectivity index (χ0v) is 13.2. The summed E-state index contributed by atoms with van der Waals surface area (Å²) in [7, 11) is 0. The summed E-state index contributed by atoms with van der Waals surface area (Å²) < 4.78 is 0. The van der Waals surface area contributed by atoms with Gasteiger partial charge in [0, 0.05) is 16.0 Å². The second kappa shape index (κ2) is 5.82. The van der Waals surface area contributed by atoms with Crippen LogP contribution in [0, 0.1) is 0 Å². The smallest absolute Gasteiger partial charge is 0.194 e. The average molecular weight is 314 g/mol. The van der Waals surface area contributed by atoms with Gasteiger partial charge in [0.1, 0.15) is 0 Å². The van der Waals surface area contributed by atoms with Crippen molar-refractivity contribution in [3.05, 3.63) is 95.4 Å². The first-order chi connectivity index (χ1) is 11.3. The zero-order valence-electron chi connectivity index (χ0n) is 12.4. The minimum absolute atomic E-state index is 0.0795. The van der Waals surface area contributed by atoms with Crippen LogP contribution in [0.2, 0.25) is 0 Å². The molecule has 0 bridgehead atoms. The number of hydrogen-bond donors (Lipinski definition) is 0. The van der Waals surface area contributed by atoms with Crippen LogP contribution < -0.4 is 0 Å².